The van der Waals surface area contributed by atoms with Crippen molar-refractivity contribution in [1.29, 1.82) is 0 Å². The Kier molecular flexibility index (Phi) is 4.37. The summed E-state index contributed by atoms with van der Waals surface area (Å²) in [4.78, 5) is 36.5. The van der Waals surface area contributed by atoms with Crippen molar-refractivity contribution in [3.05, 3.63) is 62.4 Å². The van der Waals surface area contributed by atoms with Gasteiger partial charge in [-0.25, -0.2) is 4.79 Å². The van der Waals surface area contributed by atoms with Gasteiger partial charge in [0.15, 0.2) is 0 Å². The summed E-state index contributed by atoms with van der Waals surface area (Å²) in [6.45, 7) is 4.13. The van der Waals surface area contributed by atoms with Crippen LogP contribution in [0.25, 0.3) is 0 Å². The molecular weight excluding hydrogens is 270 g/mol. The van der Waals surface area contributed by atoms with Crippen LogP contribution in [0.4, 0.5) is 5.69 Å². The number of amides is 1. The van der Waals surface area contributed by atoms with Gasteiger partial charge in [-0.2, -0.15) is 0 Å². The Morgan fingerprint density at radius 1 is 1.24 bits per heavy atom. The van der Waals surface area contributed by atoms with Crippen LogP contribution in [0, 0.1) is 13.8 Å². The summed E-state index contributed by atoms with van der Waals surface area (Å²) in [5.41, 5.74) is 1.92. The van der Waals surface area contributed by atoms with Gasteiger partial charge in [-0.05, 0) is 25.5 Å². The van der Waals surface area contributed by atoms with E-state index in [1.165, 1.54) is 16.8 Å². The molecule has 0 atom stereocenters. The van der Waals surface area contributed by atoms with E-state index in [0.717, 1.165) is 16.8 Å². The molecule has 0 unspecified atom stereocenters. The van der Waals surface area contributed by atoms with E-state index in [2.05, 4.69) is 10.3 Å². The van der Waals surface area contributed by atoms with Gasteiger partial charge in [0.05, 0.1) is 0 Å². The molecule has 6 heteroatoms. The quantitative estimate of drug-likeness (QED) is 0.885. The number of rotatable bonds is 4. The second-order valence-electron chi connectivity index (χ2n) is 4.92. The molecule has 2 aromatic rings. The normalized spacial score (nSPS) is 10.4. The maximum Gasteiger partial charge on any atom is 0.328 e. The van der Waals surface area contributed by atoms with Crippen LogP contribution in [0.5, 0.6) is 0 Å². The molecule has 1 heterocycles. The van der Waals surface area contributed by atoms with Crippen LogP contribution >= 0.6 is 0 Å². The fraction of sp³-hybridized carbons (Fsp3) is 0.267. The number of aryl methyl sites for hydroxylation is 3. The van der Waals surface area contributed by atoms with Crippen molar-refractivity contribution < 1.29 is 4.79 Å². The number of aromatic nitrogens is 2. The lowest BCUT2D eigenvalue weighted by atomic mass is 10.1. The number of carbonyl (C=O) groups excluding carboxylic acids is 1. The van der Waals surface area contributed by atoms with Gasteiger partial charge < -0.3 is 9.88 Å². The third kappa shape index (κ3) is 3.92. The Balaban J connectivity index is 1.99. The summed E-state index contributed by atoms with van der Waals surface area (Å²) in [5.74, 6) is -0.181. The van der Waals surface area contributed by atoms with E-state index >= 15 is 0 Å². The first kappa shape index (κ1) is 14.8. The molecule has 21 heavy (non-hydrogen) atoms. The topological polar surface area (TPSA) is 84.0 Å². The molecule has 1 amide bonds. The Morgan fingerprint density at radius 3 is 2.67 bits per heavy atom. The maximum absolute atomic E-state index is 11.9. The van der Waals surface area contributed by atoms with Crippen LogP contribution in [0.15, 0.2) is 40.1 Å². The number of H-pyrrole nitrogens is 1. The third-order valence-electron chi connectivity index (χ3n) is 3.13. The van der Waals surface area contributed by atoms with Crippen molar-refractivity contribution in [3.63, 3.8) is 0 Å². The average Bonchev–Trinajstić information content (AvgIpc) is 2.41. The molecule has 6 nitrogen and oxygen atoms in total. The van der Waals surface area contributed by atoms with Crippen LogP contribution in [-0.4, -0.2) is 15.5 Å². The van der Waals surface area contributed by atoms with E-state index < -0.39 is 11.2 Å². The van der Waals surface area contributed by atoms with Crippen molar-refractivity contribution in [2.75, 3.05) is 5.32 Å². The lowest BCUT2D eigenvalue weighted by Gasteiger charge is -2.09. The van der Waals surface area contributed by atoms with Gasteiger partial charge in [0.1, 0.15) is 0 Å². The van der Waals surface area contributed by atoms with Crippen molar-refractivity contribution in [2.24, 2.45) is 0 Å². The van der Waals surface area contributed by atoms with Gasteiger partial charge in [0.2, 0.25) is 5.91 Å². The minimum absolute atomic E-state index is 0.152. The molecule has 0 aliphatic heterocycles. The summed E-state index contributed by atoms with van der Waals surface area (Å²) in [6, 6.07) is 7.02. The second-order valence-corrected chi connectivity index (χ2v) is 4.92. The van der Waals surface area contributed by atoms with Crippen molar-refractivity contribution in [1.82, 2.24) is 9.55 Å². The van der Waals surface area contributed by atoms with Crippen molar-refractivity contribution >= 4 is 11.6 Å². The zero-order chi connectivity index (χ0) is 15.4. The largest absolute Gasteiger partial charge is 0.328 e. The zero-order valence-corrected chi connectivity index (χ0v) is 12.0. The number of hydrogen-bond acceptors (Lipinski definition) is 3. The van der Waals surface area contributed by atoms with Crippen molar-refractivity contribution in [3.8, 4) is 0 Å². The SMILES string of the molecule is Cc1ccc(NC(=O)CCn2ccc(=O)[nH]c2=O)c(C)c1. The number of carbonyl (C=O) groups is 1. The van der Waals surface area contributed by atoms with Gasteiger partial charge in [-0.1, -0.05) is 17.7 Å². The van der Waals surface area contributed by atoms with Crippen molar-refractivity contribution in [2.45, 2.75) is 26.8 Å². The molecule has 0 bridgehead atoms. The van der Waals surface area contributed by atoms with Gasteiger partial charge >= 0.3 is 5.69 Å². The summed E-state index contributed by atoms with van der Waals surface area (Å²) < 4.78 is 1.29. The summed E-state index contributed by atoms with van der Waals surface area (Å²) in [5, 5.41) is 2.81. The third-order valence-corrected chi connectivity index (χ3v) is 3.13. The lowest BCUT2D eigenvalue weighted by molar-refractivity contribution is -0.116. The minimum atomic E-state index is -0.512. The number of anilines is 1. The fourth-order valence-electron chi connectivity index (χ4n) is 2.01. The molecule has 2 rings (SSSR count). The molecule has 0 saturated carbocycles. The molecule has 0 fully saturated rings. The summed E-state index contributed by atoms with van der Waals surface area (Å²) >= 11 is 0. The lowest BCUT2D eigenvalue weighted by Crippen LogP contribution is -2.29. The smallest absolute Gasteiger partial charge is 0.326 e. The first-order chi connectivity index (χ1) is 9.95. The van der Waals surface area contributed by atoms with E-state index in [0.29, 0.717) is 0 Å². The second kappa shape index (κ2) is 6.21. The number of nitrogens with zero attached hydrogens (tertiary/aromatic N) is 1. The first-order valence-corrected chi connectivity index (χ1v) is 6.62. The molecule has 2 N–H and O–H groups in total. The van der Waals surface area contributed by atoms with Gasteiger partial charge in [-0.3, -0.25) is 14.6 Å². The van der Waals surface area contributed by atoms with E-state index in [1.54, 1.807) is 0 Å². The molecule has 0 saturated heterocycles. The van der Waals surface area contributed by atoms with Crippen LogP contribution in [-0.2, 0) is 11.3 Å². The molecule has 0 spiro atoms. The fourth-order valence-corrected chi connectivity index (χ4v) is 2.01. The highest BCUT2D eigenvalue weighted by molar-refractivity contribution is 5.91. The Morgan fingerprint density at radius 2 is 2.00 bits per heavy atom. The average molecular weight is 287 g/mol. The van der Waals surface area contributed by atoms with Crippen LogP contribution < -0.4 is 16.6 Å². The van der Waals surface area contributed by atoms with Crippen LogP contribution in [0.3, 0.4) is 0 Å². The highest BCUT2D eigenvalue weighted by atomic mass is 16.2. The molecule has 1 aromatic carbocycles. The standard InChI is InChI=1S/C15H17N3O3/c1-10-3-4-12(11(2)9-10)16-13(19)5-7-18-8-6-14(20)17-15(18)21/h3-4,6,8-9H,5,7H2,1-2H3,(H,16,19)(H,17,20,21). The first-order valence-electron chi connectivity index (χ1n) is 6.62. The molecule has 110 valence electrons. The summed E-state index contributed by atoms with van der Waals surface area (Å²) in [7, 11) is 0. The molecule has 1 aromatic heterocycles. The predicted molar refractivity (Wildman–Crippen MR) is 80.5 cm³/mol. The highest BCUT2D eigenvalue weighted by Gasteiger charge is 2.06. The molecule has 0 aliphatic rings. The highest BCUT2D eigenvalue weighted by Crippen LogP contribution is 2.16. The minimum Gasteiger partial charge on any atom is -0.326 e. The number of hydrogen-bond donors (Lipinski definition) is 2. The zero-order valence-electron chi connectivity index (χ0n) is 12.0. The predicted octanol–water partition coefficient (Wildman–Crippen LogP) is 1.18. The Bertz CT molecular complexity index is 774. The Hall–Kier alpha value is -2.63. The summed E-state index contributed by atoms with van der Waals surface area (Å²) in [6.07, 6.45) is 1.53. The van der Waals surface area contributed by atoms with E-state index in [-0.39, 0.29) is 18.9 Å². The van der Waals surface area contributed by atoms with Gasteiger partial charge in [0.25, 0.3) is 5.56 Å². The van der Waals surface area contributed by atoms with Crippen LogP contribution in [0.2, 0.25) is 0 Å². The van der Waals surface area contributed by atoms with E-state index in [4.69, 9.17) is 0 Å². The van der Waals surface area contributed by atoms with E-state index in [1.807, 2.05) is 32.0 Å². The van der Waals surface area contributed by atoms with Gasteiger partial charge in [0, 0.05) is 30.9 Å². The van der Waals surface area contributed by atoms with Gasteiger partial charge in [-0.15, -0.1) is 0 Å². The number of aromatic amines is 1. The Labute approximate surface area is 121 Å². The molecular formula is C15H17N3O3. The molecule has 0 radical (unpaired) electrons. The maximum atomic E-state index is 11.9. The van der Waals surface area contributed by atoms with E-state index in [9.17, 15) is 14.4 Å². The molecule has 0 aliphatic carbocycles. The number of nitrogens with one attached hydrogen (secondary N) is 2. The number of benzene rings is 1. The monoisotopic (exact) mass is 287 g/mol. The van der Waals surface area contributed by atoms with Crippen LogP contribution in [0.1, 0.15) is 17.5 Å².